The number of hydrogen-bond donors (Lipinski definition) is 11. The number of carbonyl (C=O) groups is 1. The molecule has 0 spiro atoms. The molecular weight excluding hydrogens is 757 g/mol. The number of benzene rings is 7. The van der Waals surface area contributed by atoms with Gasteiger partial charge in [-0.25, -0.2) is 0 Å². The van der Waals surface area contributed by atoms with Crippen LogP contribution in [-0.2, 0) is 19.3 Å². The SMILES string of the molecule is Cc1cc(Cc2ccc(O)cc2)c(O)c(Cc2ccc(O)cc2)c1.O=C(c1ccc(O)cc1)c1ccc(O)c(O)c1O.Oc1ccc(Cc2ccc(O)c(O)c2O)cc1. The maximum Gasteiger partial charge on any atom is 0.201 e. The van der Waals surface area contributed by atoms with Crippen molar-refractivity contribution in [2.75, 3.05) is 0 Å². The lowest BCUT2D eigenvalue weighted by Gasteiger charge is -2.12. The molecule has 7 aromatic carbocycles. The standard InChI is InChI=1S/C21H20O3.C13H10O5.C13H12O4/c1-14-10-17(12-15-2-6-19(22)7-3-15)21(24)18(11-14)13-16-4-8-20(23)9-5-16;14-8-3-1-7(2-4-8)11(16)9-5-6-10(15)13(18)12(9)17;14-10-4-1-8(2-5-10)7-9-3-6-11(15)13(17)12(9)16/h2-11,22-24H,12-13H2,1H3;1-6,14-15,17-18H;1-6,14-17H,7H2. The Bertz CT molecular complexity index is 2460. The van der Waals surface area contributed by atoms with E-state index in [0.717, 1.165) is 39.4 Å². The fraction of sp³-hybridized carbons (Fsp3) is 0.0851. The van der Waals surface area contributed by atoms with Crippen LogP contribution in [0.1, 0.15) is 54.9 Å². The van der Waals surface area contributed by atoms with Crippen molar-refractivity contribution in [1.82, 2.24) is 0 Å². The molecule has 0 amide bonds. The fourth-order valence-electron chi connectivity index (χ4n) is 5.98. The van der Waals surface area contributed by atoms with Crippen LogP contribution in [0.15, 0.2) is 133 Å². The van der Waals surface area contributed by atoms with E-state index in [0.29, 0.717) is 30.6 Å². The highest BCUT2D eigenvalue weighted by Gasteiger charge is 2.19. The molecule has 7 aromatic rings. The van der Waals surface area contributed by atoms with Gasteiger partial charge < -0.3 is 56.2 Å². The van der Waals surface area contributed by atoms with E-state index >= 15 is 0 Å². The molecule has 12 heteroatoms. The van der Waals surface area contributed by atoms with Crippen LogP contribution in [0.2, 0.25) is 0 Å². The van der Waals surface area contributed by atoms with Gasteiger partial charge in [0.05, 0.1) is 5.56 Å². The second-order valence-electron chi connectivity index (χ2n) is 13.6. The van der Waals surface area contributed by atoms with Gasteiger partial charge in [0.15, 0.2) is 28.8 Å². The molecule has 7 rings (SSSR count). The van der Waals surface area contributed by atoms with Gasteiger partial charge in [0.2, 0.25) is 11.5 Å². The van der Waals surface area contributed by atoms with E-state index in [4.69, 9.17) is 15.3 Å². The van der Waals surface area contributed by atoms with Crippen molar-refractivity contribution in [3.8, 4) is 63.2 Å². The van der Waals surface area contributed by atoms with Crippen molar-refractivity contribution in [2.24, 2.45) is 0 Å². The minimum absolute atomic E-state index is 0.0179. The Kier molecular flexibility index (Phi) is 13.4. The van der Waals surface area contributed by atoms with Crippen molar-refractivity contribution < 1.29 is 61.0 Å². The van der Waals surface area contributed by atoms with E-state index in [9.17, 15) is 45.6 Å². The molecule has 0 aliphatic heterocycles. The topological polar surface area (TPSA) is 240 Å². The minimum Gasteiger partial charge on any atom is -0.508 e. The number of ketones is 1. The Morgan fingerprint density at radius 3 is 1.15 bits per heavy atom. The van der Waals surface area contributed by atoms with Crippen molar-refractivity contribution in [3.05, 3.63) is 184 Å². The number of phenolic OH excluding ortho intramolecular Hbond substituents is 11. The van der Waals surface area contributed by atoms with Gasteiger partial charge in [-0.1, -0.05) is 60.2 Å². The van der Waals surface area contributed by atoms with Crippen molar-refractivity contribution in [2.45, 2.75) is 26.2 Å². The molecule has 0 aliphatic rings. The molecule has 0 bridgehead atoms. The van der Waals surface area contributed by atoms with Gasteiger partial charge in [0.25, 0.3) is 0 Å². The van der Waals surface area contributed by atoms with Crippen LogP contribution in [-0.4, -0.2) is 62.0 Å². The quantitative estimate of drug-likeness (QED) is 0.0516. The van der Waals surface area contributed by atoms with Crippen LogP contribution in [0.4, 0.5) is 0 Å². The molecular formula is C47H42O12. The smallest absolute Gasteiger partial charge is 0.201 e. The molecule has 11 N–H and O–H groups in total. The second kappa shape index (κ2) is 18.8. The Morgan fingerprint density at radius 2 is 0.729 bits per heavy atom. The summed E-state index contributed by atoms with van der Waals surface area (Å²) in [4.78, 5) is 12.0. The molecule has 0 heterocycles. The predicted molar refractivity (Wildman–Crippen MR) is 220 cm³/mol. The summed E-state index contributed by atoms with van der Waals surface area (Å²) < 4.78 is 0. The zero-order valence-corrected chi connectivity index (χ0v) is 31.7. The number of carbonyl (C=O) groups excluding carboxylic acids is 1. The normalized spacial score (nSPS) is 10.5. The van der Waals surface area contributed by atoms with E-state index in [2.05, 4.69) is 0 Å². The Morgan fingerprint density at radius 1 is 0.373 bits per heavy atom. The number of rotatable bonds is 8. The van der Waals surface area contributed by atoms with Crippen molar-refractivity contribution in [1.29, 1.82) is 0 Å². The van der Waals surface area contributed by atoms with Crippen molar-refractivity contribution in [3.63, 3.8) is 0 Å². The Hall–Kier alpha value is -7.99. The maximum atomic E-state index is 12.0. The number of phenols is 11. The third kappa shape index (κ3) is 11.1. The zero-order chi connectivity index (χ0) is 42.8. The van der Waals surface area contributed by atoms with Crippen LogP contribution in [0.3, 0.4) is 0 Å². The highest BCUT2D eigenvalue weighted by atomic mass is 16.3. The monoisotopic (exact) mass is 798 g/mol. The lowest BCUT2D eigenvalue weighted by atomic mass is 9.95. The average Bonchev–Trinajstić information content (AvgIpc) is 3.22. The third-order valence-electron chi connectivity index (χ3n) is 9.12. The summed E-state index contributed by atoms with van der Waals surface area (Å²) in [6.07, 6.45) is 1.62. The van der Waals surface area contributed by atoms with Gasteiger partial charge in [-0.15, -0.1) is 0 Å². The molecule has 0 radical (unpaired) electrons. The van der Waals surface area contributed by atoms with Crippen molar-refractivity contribution >= 4 is 5.78 Å². The lowest BCUT2D eigenvalue weighted by Crippen LogP contribution is -2.01. The highest BCUT2D eigenvalue weighted by Crippen LogP contribution is 2.39. The van der Waals surface area contributed by atoms with E-state index in [1.807, 2.05) is 43.3 Å². The first kappa shape index (κ1) is 42.2. The number of hydrogen-bond acceptors (Lipinski definition) is 12. The third-order valence-corrected chi connectivity index (χ3v) is 9.12. The number of aromatic hydroxyl groups is 11. The van der Waals surface area contributed by atoms with Gasteiger partial charge in [-0.3, -0.25) is 4.79 Å². The molecule has 302 valence electrons. The van der Waals surface area contributed by atoms with Crippen LogP contribution in [0, 0.1) is 6.92 Å². The summed E-state index contributed by atoms with van der Waals surface area (Å²) in [7, 11) is 0. The average molecular weight is 799 g/mol. The molecule has 59 heavy (non-hydrogen) atoms. The largest absolute Gasteiger partial charge is 0.508 e. The van der Waals surface area contributed by atoms with Gasteiger partial charge in [-0.05, 0) is 114 Å². The zero-order valence-electron chi connectivity index (χ0n) is 31.7. The molecule has 0 aromatic heterocycles. The summed E-state index contributed by atoms with van der Waals surface area (Å²) in [5.74, 6) is -2.65. The molecule has 0 atom stereocenters. The van der Waals surface area contributed by atoms with Gasteiger partial charge in [0.1, 0.15) is 28.7 Å². The summed E-state index contributed by atoms with van der Waals surface area (Å²) in [6, 6.07) is 35.2. The molecule has 12 nitrogen and oxygen atoms in total. The van der Waals surface area contributed by atoms with E-state index < -0.39 is 28.8 Å². The Balaban J connectivity index is 0.000000172. The first-order valence-electron chi connectivity index (χ1n) is 18.0. The summed E-state index contributed by atoms with van der Waals surface area (Å²) in [6.45, 7) is 2.01. The molecule has 0 saturated carbocycles. The van der Waals surface area contributed by atoms with Crippen LogP contribution >= 0.6 is 0 Å². The van der Waals surface area contributed by atoms with Gasteiger partial charge in [-0.2, -0.15) is 0 Å². The molecule has 0 unspecified atom stereocenters. The summed E-state index contributed by atoms with van der Waals surface area (Å²) in [5, 5.41) is 104. The second-order valence-corrected chi connectivity index (χ2v) is 13.6. The molecule has 0 saturated heterocycles. The maximum absolute atomic E-state index is 12.0. The predicted octanol–water partition coefficient (Wildman–Crippen LogP) is 8.13. The summed E-state index contributed by atoms with van der Waals surface area (Å²) in [5.41, 5.74) is 6.39. The number of aryl methyl sites for hydroxylation is 1. The first-order chi connectivity index (χ1) is 28.1. The first-order valence-corrected chi connectivity index (χ1v) is 18.0. The molecule has 0 fully saturated rings. The van der Waals surface area contributed by atoms with Crippen LogP contribution in [0.25, 0.3) is 0 Å². The lowest BCUT2D eigenvalue weighted by molar-refractivity contribution is 0.103. The van der Waals surface area contributed by atoms with Crippen LogP contribution in [0.5, 0.6) is 63.2 Å². The van der Waals surface area contributed by atoms with E-state index in [-0.39, 0.29) is 45.6 Å². The molecule has 0 aliphatic carbocycles. The van der Waals surface area contributed by atoms with E-state index in [1.54, 1.807) is 48.5 Å². The van der Waals surface area contributed by atoms with Gasteiger partial charge in [0, 0.05) is 30.4 Å². The van der Waals surface area contributed by atoms with Gasteiger partial charge >= 0.3 is 0 Å². The minimum atomic E-state index is -0.736. The fourth-order valence-corrected chi connectivity index (χ4v) is 5.98. The van der Waals surface area contributed by atoms with Crippen LogP contribution < -0.4 is 0 Å². The van der Waals surface area contributed by atoms with E-state index in [1.165, 1.54) is 42.5 Å². The summed E-state index contributed by atoms with van der Waals surface area (Å²) >= 11 is 0. The Labute approximate surface area is 339 Å². The highest BCUT2D eigenvalue weighted by molar-refractivity contribution is 6.11.